The molecule has 2 N–H and O–H groups in total. The van der Waals surface area contributed by atoms with Crippen LogP contribution >= 0.6 is 0 Å². The van der Waals surface area contributed by atoms with Crippen LogP contribution in [-0.2, 0) is 21.2 Å². The fraction of sp³-hybridized carbons (Fsp3) is 0.588. The average Bonchev–Trinajstić information content (AvgIpc) is 2.97. The summed E-state index contributed by atoms with van der Waals surface area (Å²) in [6.07, 6.45) is 5.30. The Morgan fingerprint density at radius 1 is 1.29 bits per heavy atom. The van der Waals surface area contributed by atoms with E-state index in [0.29, 0.717) is 25.6 Å². The Hall–Kier alpha value is -1.44. The Morgan fingerprint density at radius 2 is 2.08 bits per heavy atom. The maximum absolute atomic E-state index is 12.8. The van der Waals surface area contributed by atoms with Crippen molar-refractivity contribution in [2.24, 2.45) is 5.14 Å². The molecular formula is C17H25N3O3S. The van der Waals surface area contributed by atoms with Crippen LogP contribution in [0.25, 0.3) is 0 Å². The van der Waals surface area contributed by atoms with E-state index < -0.39 is 10.0 Å². The van der Waals surface area contributed by atoms with Gasteiger partial charge in [-0.15, -0.1) is 0 Å². The van der Waals surface area contributed by atoms with Crippen LogP contribution in [-0.4, -0.2) is 44.9 Å². The van der Waals surface area contributed by atoms with Gasteiger partial charge in [0.15, 0.2) is 0 Å². The van der Waals surface area contributed by atoms with Gasteiger partial charge < -0.3 is 4.90 Å². The summed E-state index contributed by atoms with van der Waals surface area (Å²) < 4.78 is 22.9. The Kier molecular flexibility index (Phi) is 4.94. The molecular weight excluding hydrogens is 326 g/mol. The summed E-state index contributed by atoms with van der Waals surface area (Å²) in [5.41, 5.74) is 1.69. The summed E-state index contributed by atoms with van der Waals surface area (Å²) in [6.45, 7) is 4.20. The predicted molar refractivity (Wildman–Crippen MR) is 93.4 cm³/mol. The van der Waals surface area contributed by atoms with Gasteiger partial charge in [0, 0.05) is 18.3 Å². The van der Waals surface area contributed by atoms with Crippen molar-refractivity contribution in [1.29, 1.82) is 0 Å². The lowest BCUT2D eigenvalue weighted by atomic mass is 10.00. The highest BCUT2D eigenvalue weighted by atomic mass is 32.2. The highest BCUT2D eigenvalue weighted by molar-refractivity contribution is 7.89. The molecule has 0 aromatic heterocycles. The number of sulfonamides is 1. The smallest absolute Gasteiger partial charge is 0.241 e. The fourth-order valence-electron chi connectivity index (χ4n) is 3.80. The quantitative estimate of drug-likeness (QED) is 0.891. The van der Waals surface area contributed by atoms with Crippen LogP contribution in [0.15, 0.2) is 23.1 Å². The van der Waals surface area contributed by atoms with Crippen LogP contribution in [0.1, 0.15) is 38.2 Å². The lowest BCUT2D eigenvalue weighted by Gasteiger charge is -2.35. The van der Waals surface area contributed by atoms with E-state index in [1.165, 1.54) is 12.5 Å². The van der Waals surface area contributed by atoms with Crippen LogP contribution in [0.5, 0.6) is 0 Å². The number of nitrogens with two attached hydrogens (primary N) is 1. The summed E-state index contributed by atoms with van der Waals surface area (Å²) in [7, 11) is -3.71. The van der Waals surface area contributed by atoms with Gasteiger partial charge in [-0.3, -0.25) is 9.69 Å². The number of carbonyl (C=O) groups is 1. The number of fused-ring (bicyclic) bond motifs is 1. The zero-order valence-electron chi connectivity index (χ0n) is 14.1. The summed E-state index contributed by atoms with van der Waals surface area (Å²) in [5, 5.41) is 5.18. The first-order chi connectivity index (χ1) is 11.4. The molecule has 0 radical (unpaired) electrons. The first-order valence-corrected chi connectivity index (χ1v) is 10.1. The summed E-state index contributed by atoms with van der Waals surface area (Å²) >= 11 is 0. The topological polar surface area (TPSA) is 83.7 Å². The lowest BCUT2D eigenvalue weighted by Crippen LogP contribution is -2.46. The first-order valence-electron chi connectivity index (χ1n) is 8.60. The summed E-state index contributed by atoms with van der Waals surface area (Å²) in [6, 6.07) is 5.27. The zero-order valence-corrected chi connectivity index (χ0v) is 14.9. The minimum Gasteiger partial charge on any atom is -0.311 e. The van der Waals surface area contributed by atoms with E-state index >= 15 is 0 Å². The Labute approximate surface area is 143 Å². The van der Waals surface area contributed by atoms with Crippen LogP contribution in [0.3, 0.4) is 0 Å². The monoisotopic (exact) mass is 351 g/mol. The van der Waals surface area contributed by atoms with E-state index in [4.69, 9.17) is 5.14 Å². The molecule has 1 aromatic rings. The van der Waals surface area contributed by atoms with Gasteiger partial charge in [-0.05, 0) is 56.0 Å². The molecule has 1 aromatic carbocycles. The van der Waals surface area contributed by atoms with Gasteiger partial charge >= 0.3 is 0 Å². The number of rotatable bonds is 4. The second-order valence-corrected chi connectivity index (χ2v) is 8.22. The van der Waals surface area contributed by atoms with E-state index in [9.17, 15) is 13.2 Å². The van der Waals surface area contributed by atoms with Crippen molar-refractivity contribution >= 4 is 21.6 Å². The van der Waals surface area contributed by atoms with Crippen LogP contribution in [0, 0.1) is 0 Å². The third-order valence-corrected chi connectivity index (χ3v) is 6.05. The lowest BCUT2D eigenvalue weighted by molar-refractivity contribution is -0.120. The van der Waals surface area contributed by atoms with E-state index in [-0.39, 0.29) is 10.8 Å². The van der Waals surface area contributed by atoms with Gasteiger partial charge in [-0.2, -0.15) is 0 Å². The van der Waals surface area contributed by atoms with Crippen molar-refractivity contribution in [2.75, 3.05) is 24.5 Å². The van der Waals surface area contributed by atoms with Crippen molar-refractivity contribution < 1.29 is 13.2 Å². The summed E-state index contributed by atoms with van der Waals surface area (Å²) in [4.78, 5) is 16.9. The van der Waals surface area contributed by atoms with Crippen LogP contribution in [0.2, 0.25) is 0 Å². The molecule has 0 aliphatic carbocycles. The minimum absolute atomic E-state index is 0.0949. The van der Waals surface area contributed by atoms with E-state index in [2.05, 4.69) is 11.8 Å². The summed E-state index contributed by atoms with van der Waals surface area (Å²) in [5.74, 6) is 0.0949. The highest BCUT2D eigenvalue weighted by Gasteiger charge is 2.29. The van der Waals surface area contributed by atoms with Gasteiger partial charge in [0.05, 0.1) is 11.4 Å². The molecule has 1 fully saturated rings. The van der Waals surface area contributed by atoms with Crippen LogP contribution in [0.4, 0.5) is 5.69 Å². The molecule has 2 aliphatic rings. The van der Waals surface area contributed by atoms with Crippen molar-refractivity contribution in [3.63, 3.8) is 0 Å². The molecule has 6 nitrogen and oxygen atoms in total. The molecule has 2 heterocycles. The molecule has 1 amide bonds. The largest absolute Gasteiger partial charge is 0.311 e. The first kappa shape index (κ1) is 17.4. The van der Waals surface area contributed by atoms with Gasteiger partial charge in [-0.1, -0.05) is 13.3 Å². The molecule has 132 valence electrons. The highest BCUT2D eigenvalue weighted by Crippen LogP contribution is 2.30. The molecule has 7 heteroatoms. The van der Waals surface area contributed by atoms with Crippen LogP contribution < -0.4 is 10.0 Å². The molecule has 2 aliphatic heterocycles. The number of carbonyl (C=O) groups excluding carboxylic acids is 1. The van der Waals surface area contributed by atoms with Gasteiger partial charge in [0.25, 0.3) is 0 Å². The van der Waals surface area contributed by atoms with Crippen molar-refractivity contribution in [1.82, 2.24) is 4.90 Å². The molecule has 3 rings (SSSR count). The number of piperidine rings is 1. The number of hydrogen-bond acceptors (Lipinski definition) is 4. The third kappa shape index (κ3) is 3.48. The Bertz CT molecular complexity index is 733. The molecule has 0 bridgehead atoms. The molecule has 0 unspecified atom stereocenters. The maximum atomic E-state index is 12.8. The second kappa shape index (κ2) is 6.82. The average molecular weight is 351 g/mol. The Morgan fingerprint density at radius 3 is 2.79 bits per heavy atom. The number of primary sulfonamides is 1. The molecule has 1 saturated heterocycles. The molecule has 1 atom stereocenters. The number of nitrogens with zero attached hydrogens (tertiary/aromatic N) is 2. The van der Waals surface area contributed by atoms with E-state index in [1.54, 1.807) is 17.0 Å². The molecule has 0 spiro atoms. The van der Waals surface area contributed by atoms with E-state index in [1.807, 2.05) is 0 Å². The van der Waals surface area contributed by atoms with Crippen molar-refractivity contribution in [2.45, 2.75) is 50.0 Å². The third-order valence-electron chi connectivity index (χ3n) is 5.13. The van der Waals surface area contributed by atoms with Gasteiger partial charge in [-0.25, -0.2) is 13.6 Å². The van der Waals surface area contributed by atoms with Gasteiger partial charge in [0.1, 0.15) is 0 Å². The van der Waals surface area contributed by atoms with Crippen molar-refractivity contribution in [3.8, 4) is 0 Å². The Balaban J connectivity index is 1.75. The number of amides is 1. The number of anilines is 1. The maximum Gasteiger partial charge on any atom is 0.241 e. The molecule has 24 heavy (non-hydrogen) atoms. The zero-order chi connectivity index (χ0) is 17.3. The number of likely N-dealkylation sites (tertiary alicyclic amines) is 1. The minimum atomic E-state index is -3.71. The normalized spacial score (nSPS) is 21.8. The van der Waals surface area contributed by atoms with Crippen molar-refractivity contribution in [3.05, 3.63) is 23.8 Å². The standard InChI is InChI=1S/C17H25N3O3S/c1-2-14-5-3-4-9-19(14)12-17(21)20-10-8-13-11-15(24(18,22)23)6-7-16(13)20/h6-7,11,14H,2-5,8-10,12H2,1H3,(H2,18,22,23)/t14-/m0/s1. The fourth-order valence-corrected chi connectivity index (χ4v) is 4.37. The number of benzene rings is 1. The van der Waals surface area contributed by atoms with Gasteiger partial charge in [0.2, 0.25) is 15.9 Å². The predicted octanol–water partition coefficient (Wildman–Crippen LogP) is 1.49. The van der Waals surface area contributed by atoms with E-state index in [0.717, 1.165) is 37.1 Å². The molecule has 0 saturated carbocycles. The second-order valence-electron chi connectivity index (χ2n) is 6.66. The SMILES string of the molecule is CC[C@H]1CCCCN1CC(=O)N1CCc2cc(S(N)(=O)=O)ccc21. The number of hydrogen-bond donors (Lipinski definition) is 1.